The van der Waals surface area contributed by atoms with Crippen molar-refractivity contribution >= 4 is 58.0 Å². The van der Waals surface area contributed by atoms with Gasteiger partial charge in [0.05, 0.1) is 0 Å². The molecule has 122 valence electrons. The summed E-state index contributed by atoms with van der Waals surface area (Å²) in [4.78, 5) is 0. The number of hydrogen-bond acceptors (Lipinski definition) is 0. The molecule has 2 atom stereocenters. The second-order valence-electron chi connectivity index (χ2n) is 3.29. The Kier molecular flexibility index (Phi) is 5.39. The molecule has 0 N–H and O–H groups in total. The largest absolute Gasteiger partial charge is 0.375 e. The summed E-state index contributed by atoms with van der Waals surface area (Å²) in [5, 5.41) is -17.9. The first-order valence-electron chi connectivity index (χ1n) is 3.90. The molecular formula is C6Cl5F9. The first kappa shape index (κ1) is 20.8. The molecule has 0 aliphatic rings. The van der Waals surface area contributed by atoms with Crippen LogP contribution >= 0.6 is 58.0 Å². The van der Waals surface area contributed by atoms with E-state index in [9.17, 15) is 39.5 Å². The average molecular weight is 420 g/mol. The van der Waals surface area contributed by atoms with Crippen molar-refractivity contribution in [1.82, 2.24) is 0 Å². The summed E-state index contributed by atoms with van der Waals surface area (Å²) < 4.78 is 111. The van der Waals surface area contributed by atoms with Gasteiger partial charge >= 0.3 is 32.1 Å². The van der Waals surface area contributed by atoms with Crippen LogP contribution in [0.4, 0.5) is 39.5 Å². The van der Waals surface area contributed by atoms with Crippen molar-refractivity contribution in [3.63, 3.8) is 0 Å². The Morgan fingerprint density at radius 2 is 0.750 bits per heavy atom. The minimum Gasteiger partial charge on any atom is -0.212 e. The molecule has 0 aliphatic carbocycles. The van der Waals surface area contributed by atoms with Gasteiger partial charge < -0.3 is 0 Å². The van der Waals surface area contributed by atoms with Crippen LogP contribution in [0.3, 0.4) is 0 Å². The molecule has 0 amide bonds. The van der Waals surface area contributed by atoms with Gasteiger partial charge in [-0.25, -0.2) is 13.2 Å². The molecule has 0 aromatic heterocycles. The molecule has 0 rings (SSSR count). The number of rotatable bonds is 5. The summed E-state index contributed by atoms with van der Waals surface area (Å²) in [6.07, 6.45) is 0. The molecule has 0 aromatic carbocycles. The third kappa shape index (κ3) is 2.85. The summed E-state index contributed by atoms with van der Waals surface area (Å²) in [7, 11) is 0. The Labute approximate surface area is 130 Å². The molecule has 0 aliphatic heterocycles. The van der Waals surface area contributed by atoms with Crippen LogP contribution in [-0.4, -0.2) is 32.1 Å². The highest BCUT2D eigenvalue weighted by Gasteiger charge is 2.86. The molecule has 0 spiro atoms. The van der Waals surface area contributed by atoms with Gasteiger partial charge in [-0.05, 0) is 11.6 Å². The van der Waals surface area contributed by atoms with Crippen molar-refractivity contribution in [2.75, 3.05) is 0 Å². The van der Waals surface area contributed by atoms with Crippen molar-refractivity contribution in [3.8, 4) is 0 Å². The first-order chi connectivity index (χ1) is 8.25. The SMILES string of the molecule is FC(Cl)(Cl)C(F)(F)[C@](F)(Cl)C(F)(F)[C@@](F)(Cl)C(F)(F)Cl. The third-order valence-corrected chi connectivity index (χ3v) is 3.68. The smallest absolute Gasteiger partial charge is 0.212 e. The molecule has 0 saturated carbocycles. The summed E-state index contributed by atoms with van der Waals surface area (Å²) in [6.45, 7) is 0. The van der Waals surface area contributed by atoms with Gasteiger partial charge in [-0.1, -0.05) is 46.4 Å². The molecule has 0 bridgehead atoms. The minimum atomic E-state index is -6.63. The Balaban J connectivity index is 6.08. The fourth-order valence-electron chi connectivity index (χ4n) is 0.750. The van der Waals surface area contributed by atoms with Gasteiger partial charge in [0.25, 0.3) is 0 Å². The van der Waals surface area contributed by atoms with Crippen molar-refractivity contribution in [1.29, 1.82) is 0 Å². The van der Waals surface area contributed by atoms with E-state index in [-0.39, 0.29) is 0 Å². The van der Waals surface area contributed by atoms with E-state index in [2.05, 4.69) is 58.0 Å². The highest BCUT2D eigenvalue weighted by molar-refractivity contribution is 6.48. The minimum absolute atomic E-state index is 3.83. The van der Waals surface area contributed by atoms with E-state index in [0.29, 0.717) is 0 Å². The zero-order valence-corrected chi connectivity index (χ0v) is 12.1. The van der Waals surface area contributed by atoms with Crippen LogP contribution in [0.15, 0.2) is 0 Å². The lowest BCUT2D eigenvalue weighted by molar-refractivity contribution is -0.275. The summed E-state index contributed by atoms with van der Waals surface area (Å²) in [6, 6.07) is 0. The second kappa shape index (κ2) is 5.18. The predicted molar refractivity (Wildman–Crippen MR) is 55.6 cm³/mol. The van der Waals surface area contributed by atoms with E-state index in [4.69, 9.17) is 0 Å². The van der Waals surface area contributed by atoms with Crippen molar-refractivity contribution in [2.24, 2.45) is 0 Å². The second-order valence-corrected chi connectivity index (χ2v) is 6.04. The average Bonchev–Trinajstić information content (AvgIpc) is 2.12. The van der Waals surface area contributed by atoms with Gasteiger partial charge in [-0.15, -0.1) is 0 Å². The van der Waals surface area contributed by atoms with E-state index in [1.807, 2.05) is 0 Å². The lowest BCUT2D eigenvalue weighted by atomic mass is 10.0. The van der Waals surface area contributed by atoms with Crippen LogP contribution in [0.5, 0.6) is 0 Å². The van der Waals surface area contributed by atoms with Gasteiger partial charge in [0.2, 0.25) is 0 Å². The van der Waals surface area contributed by atoms with Crippen LogP contribution in [0.2, 0.25) is 0 Å². The molecule has 0 heterocycles. The Bertz CT molecular complexity index is 332. The summed E-state index contributed by atoms with van der Waals surface area (Å²) in [5.74, 6) is -12.9. The van der Waals surface area contributed by atoms with Crippen LogP contribution < -0.4 is 0 Å². The van der Waals surface area contributed by atoms with Crippen LogP contribution in [0.1, 0.15) is 0 Å². The summed E-state index contributed by atoms with van der Waals surface area (Å²) in [5.41, 5.74) is 0. The quantitative estimate of drug-likeness (QED) is 0.378. The van der Waals surface area contributed by atoms with Crippen LogP contribution in [-0.2, 0) is 0 Å². The van der Waals surface area contributed by atoms with Crippen LogP contribution in [0, 0.1) is 0 Å². The molecule has 0 fully saturated rings. The lowest BCUT2D eigenvalue weighted by Gasteiger charge is -2.41. The van der Waals surface area contributed by atoms with Crippen molar-refractivity contribution < 1.29 is 39.5 Å². The fraction of sp³-hybridized carbons (Fsp3) is 1.00. The van der Waals surface area contributed by atoms with Gasteiger partial charge in [0, 0.05) is 0 Å². The molecule has 0 nitrogen and oxygen atoms in total. The van der Waals surface area contributed by atoms with E-state index in [1.165, 1.54) is 0 Å². The zero-order chi connectivity index (χ0) is 17.0. The molecule has 0 unspecified atom stereocenters. The highest BCUT2D eigenvalue weighted by atomic mass is 35.5. The van der Waals surface area contributed by atoms with Gasteiger partial charge in [0.1, 0.15) is 0 Å². The normalized spacial score (nSPS) is 21.3. The summed E-state index contributed by atoms with van der Waals surface area (Å²) >= 11 is 20.0. The fourth-order valence-corrected chi connectivity index (χ4v) is 1.67. The predicted octanol–water partition coefficient (Wildman–Crippen LogP) is 6.00. The maximum absolute atomic E-state index is 13.3. The number of hydrogen-bond donors (Lipinski definition) is 0. The maximum atomic E-state index is 13.3. The third-order valence-electron chi connectivity index (χ3n) is 1.90. The Morgan fingerprint density at radius 1 is 0.450 bits per heavy atom. The molecule has 0 aromatic rings. The van der Waals surface area contributed by atoms with Crippen LogP contribution in [0.25, 0.3) is 0 Å². The standard InChI is InChI=1S/C6Cl5F9/c7-1(12,4(16,17)5(9,10)18)3(14,15)2(8,13)6(11,19)20/t1-,2-/m0/s1. The molecule has 0 radical (unpaired) electrons. The van der Waals surface area contributed by atoms with E-state index in [1.54, 1.807) is 0 Å². The van der Waals surface area contributed by atoms with Gasteiger partial charge in [-0.3, -0.25) is 0 Å². The zero-order valence-electron chi connectivity index (χ0n) is 8.29. The van der Waals surface area contributed by atoms with Gasteiger partial charge in [0.15, 0.2) is 0 Å². The van der Waals surface area contributed by atoms with Gasteiger partial charge in [-0.2, -0.15) is 26.3 Å². The number of halogens is 14. The number of alkyl halides is 14. The van der Waals surface area contributed by atoms with E-state index >= 15 is 0 Å². The lowest BCUT2D eigenvalue weighted by Crippen LogP contribution is -2.68. The first-order valence-corrected chi connectivity index (χ1v) is 5.79. The monoisotopic (exact) mass is 418 g/mol. The molecular weight excluding hydrogens is 420 g/mol. The Hall–Kier alpha value is 0.820. The van der Waals surface area contributed by atoms with Crippen molar-refractivity contribution in [2.45, 2.75) is 32.1 Å². The topological polar surface area (TPSA) is 0 Å². The Morgan fingerprint density at radius 3 is 0.950 bits per heavy atom. The molecule has 20 heavy (non-hydrogen) atoms. The molecule has 14 heteroatoms. The van der Waals surface area contributed by atoms with Crippen molar-refractivity contribution in [3.05, 3.63) is 0 Å². The maximum Gasteiger partial charge on any atom is 0.375 e. The highest BCUT2D eigenvalue weighted by Crippen LogP contribution is 2.63. The van der Waals surface area contributed by atoms with E-state index in [0.717, 1.165) is 0 Å². The van der Waals surface area contributed by atoms with E-state index < -0.39 is 32.1 Å². The molecule has 0 saturated heterocycles.